The van der Waals surface area contributed by atoms with Crippen molar-refractivity contribution >= 4 is 21.8 Å². The van der Waals surface area contributed by atoms with E-state index in [1.807, 2.05) is 39.0 Å². The minimum Gasteiger partial charge on any atom is -0.481 e. The molecule has 0 heterocycles. The molecule has 0 aliphatic rings. The Morgan fingerprint density at radius 3 is 2.45 bits per heavy atom. The van der Waals surface area contributed by atoms with Gasteiger partial charge in [0.1, 0.15) is 5.75 Å². The van der Waals surface area contributed by atoms with E-state index in [0.717, 1.165) is 10.0 Å². The van der Waals surface area contributed by atoms with Crippen LogP contribution in [0.5, 0.6) is 5.75 Å². The molecule has 112 valence electrons. The third-order valence-corrected chi connectivity index (χ3v) is 3.68. The average Bonchev–Trinajstić information content (AvgIpc) is 2.41. The van der Waals surface area contributed by atoms with Crippen molar-refractivity contribution in [2.75, 3.05) is 13.1 Å². The molecular weight excluding hydrogens is 320 g/mol. The highest BCUT2D eigenvalue weighted by Gasteiger charge is 2.21. The second kappa shape index (κ2) is 7.64. The maximum absolute atomic E-state index is 12.2. The van der Waals surface area contributed by atoms with E-state index >= 15 is 0 Å². The Morgan fingerprint density at radius 1 is 1.35 bits per heavy atom. The van der Waals surface area contributed by atoms with Gasteiger partial charge in [-0.1, -0.05) is 15.9 Å². The second-order valence-corrected chi connectivity index (χ2v) is 5.66. The highest BCUT2D eigenvalue weighted by atomic mass is 79.9. The summed E-state index contributed by atoms with van der Waals surface area (Å²) in [6.07, 6.45) is -0.520. The molecule has 2 N–H and O–H groups in total. The first-order valence-corrected chi connectivity index (χ1v) is 7.70. The number of ether oxygens (including phenoxy) is 1. The van der Waals surface area contributed by atoms with Crippen LogP contribution in [0.1, 0.15) is 39.3 Å². The quantitative estimate of drug-likeness (QED) is 0.864. The predicted octanol–water partition coefficient (Wildman–Crippen LogP) is 3.10. The average molecular weight is 343 g/mol. The fourth-order valence-corrected chi connectivity index (χ4v) is 2.39. The van der Waals surface area contributed by atoms with Gasteiger partial charge in [0, 0.05) is 29.2 Å². The van der Waals surface area contributed by atoms with Crippen molar-refractivity contribution in [1.29, 1.82) is 0 Å². The summed E-state index contributed by atoms with van der Waals surface area (Å²) in [6.45, 7) is 8.95. The van der Waals surface area contributed by atoms with E-state index in [2.05, 4.69) is 15.9 Å². The number of amides is 1. The molecule has 2 atom stereocenters. The number of carbonyl (C=O) groups excluding carboxylic acids is 1. The molecule has 1 aromatic rings. The van der Waals surface area contributed by atoms with Gasteiger partial charge < -0.3 is 15.4 Å². The van der Waals surface area contributed by atoms with Crippen LogP contribution < -0.4 is 10.5 Å². The van der Waals surface area contributed by atoms with Crippen LogP contribution in [-0.2, 0) is 4.79 Å². The minimum atomic E-state index is -0.520. The maximum atomic E-state index is 12.2. The monoisotopic (exact) mass is 342 g/mol. The van der Waals surface area contributed by atoms with E-state index < -0.39 is 6.10 Å². The molecule has 1 amide bonds. The Labute approximate surface area is 129 Å². The predicted molar refractivity (Wildman–Crippen MR) is 84.8 cm³/mol. The molecule has 5 heteroatoms. The van der Waals surface area contributed by atoms with Crippen LogP contribution in [0.2, 0.25) is 0 Å². The van der Waals surface area contributed by atoms with Crippen molar-refractivity contribution in [2.45, 2.75) is 39.8 Å². The van der Waals surface area contributed by atoms with Gasteiger partial charge >= 0.3 is 0 Å². The number of hydrogen-bond acceptors (Lipinski definition) is 3. The lowest BCUT2D eigenvalue weighted by Gasteiger charge is -2.24. The number of rotatable bonds is 6. The zero-order chi connectivity index (χ0) is 15.3. The summed E-state index contributed by atoms with van der Waals surface area (Å²) in [5.41, 5.74) is 6.84. The Hall–Kier alpha value is -1.07. The van der Waals surface area contributed by atoms with Crippen LogP contribution in [0.3, 0.4) is 0 Å². The molecule has 0 fully saturated rings. The highest BCUT2D eigenvalue weighted by molar-refractivity contribution is 9.10. The van der Waals surface area contributed by atoms with Crippen LogP contribution in [-0.4, -0.2) is 30.0 Å². The van der Waals surface area contributed by atoms with Gasteiger partial charge in [-0.25, -0.2) is 0 Å². The lowest BCUT2D eigenvalue weighted by molar-refractivity contribution is -0.137. The van der Waals surface area contributed by atoms with E-state index in [0.29, 0.717) is 18.8 Å². The first-order chi connectivity index (χ1) is 9.40. The van der Waals surface area contributed by atoms with Crippen molar-refractivity contribution < 1.29 is 9.53 Å². The zero-order valence-corrected chi connectivity index (χ0v) is 14.1. The molecule has 0 aliphatic heterocycles. The van der Waals surface area contributed by atoms with Gasteiger partial charge in [-0.15, -0.1) is 0 Å². The molecule has 1 rings (SSSR count). The van der Waals surface area contributed by atoms with Crippen LogP contribution in [0.25, 0.3) is 0 Å². The van der Waals surface area contributed by atoms with Crippen molar-refractivity contribution in [3.8, 4) is 5.75 Å². The Bertz CT molecular complexity index is 459. The topological polar surface area (TPSA) is 55.6 Å². The molecule has 0 bridgehead atoms. The smallest absolute Gasteiger partial charge is 0.263 e. The first kappa shape index (κ1) is 17.0. The Morgan fingerprint density at radius 2 is 1.95 bits per heavy atom. The number of benzene rings is 1. The summed E-state index contributed by atoms with van der Waals surface area (Å²) >= 11 is 3.42. The molecule has 0 spiro atoms. The maximum Gasteiger partial charge on any atom is 0.263 e. The summed E-state index contributed by atoms with van der Waals surface area (Å²) in [4.78, 5) is 14.0. The van der Waals surface area contributed by atoms with Crippen LogP contribution >= 0.6 is 15.9 Å². The van der Waals surface area contributed by atoms with Gasteiger partial charge in [0.05, 0.1) is 0 Å². The normalized spacial score (nSPS) is 13.7. The van der Waals surface area contributed by atoms with Gasteiger partial charge in [-0.05, 0) is 45.9 Å². The lowest BCUT2D eigenvalue weighted by Crippen LogP contribution is -2.40. The summed E-state index contributed by atoms with van der Waals surface area (Å²) in [5.74, 6) is 0.657. The first-order valence-electron chi connectivity index (χ1n) is 6.91. The molecule has 0 saturated carbocycles. The minimum absolute atomic E-state index is 0.00598. The number of halogens is 1. The fourth-order valence-electron chi connectivity index (χ4n) is 2.02. The molecule has 4 nitrogen and oxygen atoms in total. The van der Waals surface area contributed by atoms with Gasteiger partial charge in [-0.2, -0.15) is 0 Å². The van der Waals surface area contributed by atoms with Crippen molar-refractivity contribution in [2.24, 2.45) is 5.73 Å². The number of nitrogens with zero attached hydrogens (tertiary/aromatic N) is 1. The van der Waals surface area contributed by atoms with Crippen LogP contribution in [0.4, 0.5) is 0 Å². The molecular formula is C15H23BrN2O2. The third kappa shape index (κ3) is 4.21. The van der Waals surface area contributed by atoms with Gasteiger partial charge in [-0.3, -0.25) is 4.79 Å². The summed E-state index contributed by atoms with van der Waals surface area (Å²) < 4.78 is 6.76. The van der Waals surface area contributed by atoms with E-state index in [1.54, 1.807) is 11.8 Å². The molecule has 0 aromatic heterocycles. The molecule has 0 radical (unpaired) electrons. The second-order valence-electron chi connectivity index (χ2n) is 4.74. The largest absolute Gasteiger partial charge is 0.481 e. The van der Waals surface area contributed by atoms with Crippen molar-refractivity contribution in [3.05, 3.63) is 28.2 Å². The Balaban J connectivity index is 2.90. The SMILES string of the molecule is CCN(CC)C(=O)C(C)Oc1ccc(Br)cc1[C@@H](C)N. The van der Waals surface area contributed by atoms with Crippen LogP contribution in [0.15, 0.2) is 22.7 Å². The molecule has 0 aliphatic carbocycles. The van der Waals surface area contributed by atoms with E-state index in [1.165, 1.54) is 0 Å². The zero-order valence-electron chi connectivity index (χ0n) is 12.5. The number of hydrogen-bond donors (Lipinski definition) is 1. The number of nitrogens with two attached hydrogens (primary N) is 1. The lowest BCUT2D eigenvalue weighted by atomic mass is 10.1. The van der Waals surface area contributed by atoms with Crippen molar-refractivity contribution in [1.82, 2.24) is 4.90 Å². The standard InChI is InChI=1S/C15H23BrN2O2/c1-5-18(6-2)15(19)11(4)20-14-8-7-12(16)9-13(14)10(3)17/h7-11H,5-6,17H2,1-4H3/t10-,11?/m1/s1. The number of carbonyl (C=O) groups is 1. The fraction of sp³-hybridized carbons (Fsp3) is 0.533. The van der Waals surface area contributed by atoms with Gasteiger partial charge in [0.25, 0.3) is 5.91 Å². The number of likely N-dealkylation sites (N-methyl/N-ethyl adjacent to an activating group) is 1. The van der Waals surface area contributed by atoms with E-state index in [9.17, 15) is 4.79 Å². The summed E-state index contributed by atoms with van der Waals surface area (Å²) in [5, 5.41) is 0. The molecule has 0 saturated heterocycles. The van der Waals surface area contributed by atoms with Crippen molar-refractivity contribution in [3.63, 3.8) is 0 Å². The molecule has 1 unspecified atom stereocenters. The summed E-state index contributed by atoms with van der Waals surface area (Å²) in [6, 6.07) is 5.50. The van der Waals surface area contributed by atoms with Gasteiger partial charge in [0.2, 0.25) is 0 Å². The third-order valence-electron chi connectivity index (χ3n) is 3.19. The Kier molecular flexibility index (Phi) is 6.49. The van der Waals surface area contributed by atoms with E-state index in [4.69, 9.17) is 10.5 Å². The molecule has 1 aromatic carbocycles. The summed E-state index contributed by atoms with van der Waals surface area (Å²) in [7, 11) is 0. The van der Waals surface area contributed by atoms with Crippen LogP contribution in [0, 0.1) is 0 Å². The molecule has 20 heavy (non-hydrogen) atoms. The highest BCUT2D eigenvalue weighted by Crippen LogP contribution is 2.28. The van der Waals surface area contributed by atoms with E-state index in [-0.39, 0.29) is 11.9 Å². The van der Waals surface area contributed by atoms with Gasteiger partial charge in [0.15, 0.2) is 6.10 Å².